The standard InChI is InChI=1S/C33H33.C14H11Cl.C5H5.Zr/c1-32(2,3)30-20-26-24(18-28(30)22-13-9-7-10-14-22)17-25-19-29(23-15-11-8-12-16-23)31(21-27(25)26)33(4,5)6;1-11-5-7-12(8-6-11)9-13-3-2-4-14(15)10-13;1-2-4-5-3-1;/h7-16,18,20-21H,17H2,1-6H3;2-8,10H,1H3;1-3H,4H2;/q-1;;-1;+2. The van der Waals surface area contributed by atoms with Gasteiger partial charge in [-0.05, 0) is 39.5 Å². The molecule has 0 fully saturated rings. The van der Waals surface area contributed by atoms with Crippen LogP contribution in [0.2, 0.25) is 5.02 Å². The predicted molar refractivity (Wildman–Crippen MR) is 229 cm³/mol. The van der Waals surface area contributed by atoms with E-state index in [2.05, 4.69) is 176 Å². The molecule has 0 aliphatic heterocycles. The second-order valence-corrected chi connectivity index (χ2v) is 17.8. The van der Waals surface area contributed by atoms with Crippen LogP contribution in [0.5, 0.6) is 0 Å². The number of fused-ring (bicyclic) bond motifs is 3. The Morgan fingerprint density at radius 1 is 0.630 bits per heavy atom. The zero-order valence-electron chi connectivity index (χ0n) is 32.6. The quantitative estimate of drug-likeness (QED) is 0.156. The second kappa shape index (κ2) is 17.1. The molecule has 2 heteroatoms. The smallest absolute Gasteiger partial charge is 0.109 e. The number of allylic oxidation sites excluding steroid dienone is 4. The molecule has 0 saturated carbocycles. The van der Waals surface area contributed by atoms with E-state index in [9.17, 15) is 0 Å². The first-order valence-electron chi connectivity index (χ1n) is 18.8. The van der Waals surface area contributed by atoms with Gasteiger partial charge in [-0.25, -0.2) is 12.2 Å². The van der Waals surface area contributed by atoms with E-state index in [1.807, 2.05) is 30.4 Å². The SMILES string of the molecule is CC(C)(C)c1cc2c([c-]c1-c1ccccc1)Cc1cc(-c3ccccc3)c(C(C)(C)C)cc1-2.Cc1ccc([C](=[Zr+2])c2cccc(Cl)c2)cc1.[C-]1=CC=CC1. The van der Waals surface area contributed by atoms with E-state index in [0.29, 0.717) is 0 Å². The van der Waals surface area contributed by atoms with Gasteiger partial charge in [-0.2, -0.15) is 6.08 Å². The fourth-order valence-corrected chi connectivity index (χ4v) is 7.96. The van der Waals surface area contributed by atoms with Crippen molar-refractivity contribution in [3.05, 3.63) is 202 Å². The zero-order valence-corrected chi connectivity index (χ0v) is 35.9. The Kier molecular flexibility index (Phi) is 12.5. The summed E-state index contributed by atoms with van der Waals surface area (Å²) in [6, 6.07) is 49.5. The van der Waals surface area contributed by atoms with E-state index in [1.54, 1.807) is 0 Å². The van der Waals surface area contributed by atoms with E-state index in [-0.39, 0.29) is 10.8 Å². The Balaban J connectivity index is 0.000000195. The van der Waals surface area contributed by atoms with E-state index < -0.39 is 0 Å². The average molecular weight is 801 g/mol. The molecule has 0 amide bonds. The number of aryl methyl sites for hydroxylation is 1. The van der Waals surface area contributed by atoms with Crippen LogP contribution in [0.25, 0.3) is 33.4 Å². The van der Waals surface area contributed by atoms with Crippen LogP contribution in [0.15, 0.2) is 146 Å². The summed E-state index contributed by atoms with van der Waals surface area (Å²) in [6.07, 6.45) is 10.9. The molecule has 2 aliphatic carbocycles. The minimum atomic E-state index is 0.0380. The molecule has 54 heavy (non-hydrogen) atoms. The Labute approximate surface area is 344 Å². The molecule has 268 valence electrons. The molecule has 8 rings (SSSR count). The second-order valence-electron chi connectivity index (χ2n) is 16.2. The van der Waals surface area contributed by atoms with Gasteiger partial charge in [0.25, 0.3) is 0 Å². The number of hydrogen-bond acceptors (Lipinski definition) is 0. The minimum absolute atomic E-state index is 0.0380. The van der Waals surface area contributed by atoms with E-state index in [0.717, 1.165) is 17.9 Å². The van der Waals surface area contributed by atoms with Gasteiger partial charge in [0.05, 0.1) is 0 Å². The number of benzene rings is 6. The van der Waals surface area contributed by atoms with Crippen molar-refractivity contribution in [3.8, 4) is 33.4 Å². The molecule has 0 radical (unpaired) electrons. The van der Waals surface area contributed by atoms with Gasteiger partial charge in [0.2, 0.25) is 0 Å². The molecular formula is C52H49ClZr. The van der Waals surface area contributed by atoms with Crippen molar-refractivity contribution >= 4 is 14.8 Å². The molecule has 0 heterocycles. The van der Waals surface area contributed by atoms with Crippen LogP contribution in [0.1, 0.15) is 86.9 Å². The molecule has 0 unspecified atom stereocenters. The summed E-state index contributed by atoms with van der Waals surface area (Å²) in [5.74, 6) is 0. The van der Waals surface area contributed by atoms with Gasteiger partial charge in [0.1, 0.15) is 0 Å². The van der Waals surface area contributed by atoms with Gasteiger partial charge < -0.3 is 0 Å². The first-order valence-corrected chi connectivity index (χ1v) is 20.4. The number of rotatable bonds is 4. The van der Waals surface area contributed by atoms with Gasteiger partial charge >= 0.3 is 116 Å². The largest absolute Gasteiger partial charge is 0.273 e. The van der Waals surface area contributed by atoms with Crippen molar-refractivity contribution in [1.29, 1.82) is 0 Å². The number of halogens is 1. The molecule has 0 aromatic heterocycles. The third kappa shape index (κ3) is 9.55. The van der Waals surface area contributed by atoms with Crippen molar-refractivity contribution in [2.24, 2.45) is 0 Å². The molecule has 2 aliphatic rings. The molecule has 0 saturated heterocycles. The molecule has 0 nitrogen and oxygen atoms in total. The maximum absolute atomic E-state index is 6.00. The average Bonchev–Trinajstić information content (AvgIpc) is 3.86. The van der Waals surface area contributed by atoms with E-state index >= 15 is 0 Å². The van der Waals surface area contributed by atoms with Crippen molar-refractivity contribution in [2.75, 3.05) is 0 Å². The normalized spacial score (nSPS) is 12.6. The van der Waals surface area contributed by atoms with E-state index in [1.165, 1.54) is 99.8 Å². The monoisotopic (exact) mass is 798 g/mol. The molecular weight excluding hydrogens is 751 g/mol. The maximum atomic E-state index is 6.00. The topological polar surface area (TPSA) is 0 Å². The van der Waals surface area contributed by atoms with Crippen LogP contribution in [0.4, 0.5) is 0 Å². The summed E-state index contributed by atoms with van der Waals surface area (Å²) in [4.78, 5) is 0. The minimum Gasteiger partial charge on any atom is -0.273 e. The van der Waals surface area contributed by atoms with Gasteiger partial charge in [0.15, 0.2) is 0 Å². The van der Waals surface area contributed by atoms with Crippen molar-refractivity contribution in [1.82, 2.24) is 0 Å². The van der Waals surface area contributed by atoms with Gasteiger partial charge in [-0.15, -0.1) is 35.2 Å². The molecule has 0 N–H and O–H groups in total. The molecule has 0 spiro atoms. The molecule has 0 bridgehead atoms. The first kappa shape index (κ1) is 39.5. The Morgan fingerprint density at radius 3 is 1.81 bits per heavy atom. The molecule has 0 atom stereocenters. The van der Waals surface area contributed by atoms with E-state index in [4.69, 9.17) is 11.6 Å². The molecule has 6 aromatic carbocycles. The Bertz CT molecular complexity index is 2180. The third-order valence-corrected chi connectivity index (χ3v) is 11.5. The first-order chi connectivity index (χ1) is 25.8. The third-order valence-electron chi connectivity index (χ3n) is 9.86. The van der Waals surface area contributed by atoms with Crippen molar-refractivity contribution in [2.45, 2.75) is 72.1 Å². The summed E-state index contributed by atoms with van der Waals surface area (Å²) in [5.41, 5.74) is 17.3. The van der Waals surface area contributed by atoms with Crippen LogP contribution in [-0.2, 0) is 41.5 Å². The van der Waals surface area contributed by atoms with Crippen LogP contribution < -0.4 is 0 Å². The fraction of sp³-hybridized carbons (Fsp3) is 0.212. The van der Waals surface area contributed by atoms with Crippen LogP contribution >= 0.6 is 11.6 Å². The summed E-state index contributed by atoms with van der Waals surface area (Å²) >= 11 is 7.40. The van der Waals surface area contributed by atoms with Crippen molar-refractivity contribution < 1.29 is 24.2 Å². The summed E-state index contributed by atoms with van der Waals surface area (Å²) < 4.78 is 1.34. The fourth-order valence-electron chi connectivity index (χ4n) is 6.97. The summed E-state index contributed by atoms with van der Waals surface area (Å²) in [5, 5.41) is 0.796. The Hall–Kier alpha value is -4.16. The van der Waals surface area contributed by atoms with Crippen LogP contribution in [0.3, 0.4) is 0 Å². The van der Waals surface area contributed by atoms with Gasteiger partial charge in [-0.3, -0.25) is 6.08 Å². The Morgan fingerprint density at radius 2 is 1.26 bits per heavy atom. The van der Waals surface area contributed by atoms with Gasteiger partial charge in [0, 0.05) is 0 Å². The van der Waals surface area contributed by atoms with Crippen LogP contribution in [-0.4, -0.2) is 3.21 Å². The summed E-state index contributed by atoms with van der Waals surface area (Å²) in [7, 11) is 0. The number of hydrogen-bond donors (Lipinski definition) is 0. The molecule has 6 aromatic rings. The van der Waals surface area contributed by atoms with Crippen LogP contribution in [0, 0.1) is 19.1 Å². The van der Waals surface area contributed by atoms with Gasteiger partial charge in [-0.1, -0.05) is 131 Å². The predicted octanol–water partition coefficient (Wildman–Crippen LogP) is 14.1. The summed E-state index contributed by atoms with van der Waals surface area (Å²) in [6.45, 7) is 16.0. The van der Waals surface area contributed by atoms with Crippen molar-refractivity contribution in [3.63, 3.8) is 0 Å². The maximum Gasteiger partial charge on any atom is -0.109 e. The zero-order chi connectivity index (χ0) is 38.5.